The Bertz CT molecular complexity index is 546. The number of rotatable bonds is 1. The third-order valence-electron chi connectivity index (χ3n) is 3.17. The average Bonchev–Trinajstić information content (AvgIpc) is 2.75. The quantitative estimate of drug-likeness (QED) is 0.801. The maximum atomic E-state index is 4.41. The summed E-state index contributed by atoms with van der Waals surface area (Å²) in [4.78, 5) is 4.41. The first kappa shape index (κ1) is 10.4. The fraction of sp³-hybridized carbons (Fsp3) is 0.417. The van der Waals surface area contributed by atoms with Gasteiger partial charge in [0.2, 0.25) is 0 Å². The summed E-state index contributed by atoms with van der Waals surface area (Å²) in [5.74, 6) is 1.88. The van der Waals surface area contributed by atoms with Crippen molar-refractivity contribution in [2.75, 3.05) is 6.54 Å². The summed E-state index contributed by atoms with van der Waals surface area (Å²) >= 11 is 0. The predicted octanol–water partition coefficient (Wildman–Crippen LogP) is 1.31. The highest BCUT2D eigenvalue weighted by Crippen LogP contribution is 2.23. The van der Waals surface area contributed by atoms with Crippen LogP contribution in [0.15, 0.2) is 18.3 Å². The molecule has 3 rings (SSSR count). The Kier molecular flexibility index (Phi) is 2.40. The van der Waals surface area contributed by atoms with Crippen molar-refractivity contribution < 1.29 is 0 Å². The fourth-order valence-electron chi connectivity index (χ4n) is 2.23. The van der Waals surface area contributed by atoms with Gasteiger partial charge in [-0.05, 0) is 25.5 Å². The largest absolute Gasteiger partial charge is 0.307 e. The van der Waals surface area contributed by atoms with E-state index in [2.05, 4.69) is 45.0 Å². The number of pyridine rings is 1. The van der Waals surface area contributed by atoms with Crippen molar-refractivity contribution >= 4 is 0 Å². The van der Waals surface area contributed by atoms with Crippen LogP contribution in [0.25, 0.3) is 11.5 Å². The number of aromatic nitrogens is 4. The van der Waals surface area contributed by atoms with E-state index in [9.17, 15) is 0 Å². The van der Waals surface area contributed by atoms with E-state index in [1.165, 1.54) is 0 Å². The molecule has 2 aromatic heterocycles. The number of aryl methyl sites for hydroxylation is 1. The first-order valence-electron chi connectivity index (χ1n) is 5.86. The van der Waals surface area contributed by atoms with E-state index in [4.69, 9.17) is 0 Å². The molecule has 0 spiro atoms. The minimum Gasteiger partial charge on any atom is -0.307 e. The van der Waals surface area contributed by atoms with Crippen molar-refractivity contribution in [1.29, 1.82) is 0 Å². The minimum atomic E-state index is 0.258. The minimum absolute atomic E-state index is 0.258. The van der Waals surface area contributed by atoms with E-state index in [1.54, 1.807) is 6.20 Å². The van der Waals surface area contributed by atoms with Crippen LogP contribution in [0.3, 0.4) is 0 Å². The normalized spacial score (nSPS) is 19.1. The van der Waals surface area contributed by atoms with E-state index in [0.29, 0.717) is 0 Å². The molecule has 1 N–H and O–H groups in total. The molecule has 0 bridgehead atoms. The molecule has 5 nitrogen and oxygen atoms in total. The standard InChI is InChI=1S/C12H15N5/c1-8-4-3-5-14-10(8)12-16-15-11-9(2)13-6-7-17(11)12/h3-5,9,13H,6-7H2,1-2H3. The molecule has 88 valence electrons. The molecule has 2 aromatic rings. The number of nitrogens with zero attached hydrogens (tertiary/aromatic N) is 4. The van der Waals surface area contributed by atoms with Gasteiger partial charge in [0.05, 0.1) is 6.04 Å². The molecule has 0 aromatic carbocycles. The smallest absolute Gasteiger partial charge is 0.182 e. The zero-order valence-corrected chi connectivity index (χ0v) is 10.0. The molecule has 1 aliphatic heterocycles. The molecule has 0 fully saturated rings. The summed E-state index contributed by atoms with van der Waals surface area (Å²) in [5, 5.41) is 11.9. The lowest BCUT2D eigenvalue weighted by atomic mass is 10.2. The van der Waals surface area contributed by atoms with Crippen LogP contribution in [-0.4, -0.2) is 26.3 Å². The maximum Gasteiger partial charge on any atom is 0.182 e. The van der Waals surface area contributed by atoms with Crippen LogP contribution < -0.4 is 5.32 Å². The lowest BCUT2D eigenvalue weighted by Gasteiger charge is -2.21. The highest BCUT2D eigenvalue weighted by molar-refractivity contribution is 5.54. The van der Waals surface area contributed by atoms with E-state index in [0.717, 1.165) is 36.0 Å². The summed E-state index contributed by atoms with van der Waals surface area (Å²) in [6.07, 6.45) is 1.80. The van der Waals surface area contributed by atoms with Gasteiger partial charge in [-0.15, -0.1) is 10.2 Å². The second-order valence-corrected chi connectivity index (χ2v) is 4.38. The van der Waals surface area contributed by atoms with Crippen LogP contribution in [0.2, 0.25) is 0 Å². The molecular weight excluding hydrogens is 214 g/mol. The number of hydrogen-bond acceptors (Lipinski definition) is 4. The van der Waals surface area contributed by atoms with Gasteiger partial charge in [-0.3, -0.25) is 4.98 Å². The van der Waals surface area contributed by atoms with Crippen molar-refractivity contribution in [2.24, 2.45) is 0 Å². The summed E-state index contributed by atoms with van der Waals surface area (Å²) in [5.41, 5.74) is 2.06. The molecule has 1 atom stereocenters. The monoisotopic (exact) mass is 229 g/mol. The Hall–Kier alpha value is -1.75. The first-order chi connectivity index (χ1) is 8.27. The van der Waals surface area contributed by atoms with Crippen molar-refractivity contribution in [3.8, 4) is 11.5 Å². The van der Waals surface area contributed by atoms with Crippen LogP contribution in [0.5, 0.6) is 0 Å². The molecule has 5 heteroatoms. The van der Waals surface area contributed by atoms with Crippen LogP contribution in [0.1, 0.15) is 24.4 Å². The zero-order chi connectivity index (χ0) is 11.8. The molecule has 0 aliphatic carbocycles. The third-order valence-corrected chi connectivity index (χ3v) is 3.17. The Balaban J connectivity index is 2.14. The van der Waals surface area contributed by atoms with Crippen molar-refractivity contribution in [1.82, 2.24) is 25.1 Å². The van der Waals surface area contributed by atoms with Gasteiger partial charge in [0.1, 0.15) is 11.5 Å². The number of nitrogens with one attached hydrogen (secondary N) is 1. The Morgan fingerprint density at radius 3 is 3.12 bits per heavy atom. The molecule has 1 aliphatic rings. The number of hydrogen-bond donors (Lipinski definition) is 1. The van der Waals surface area contributed by atoms with Gasteiger partial charge in [0.25, 0.3) is 0 Å². The maximum absolute atomic E-state index is 4.41. The fourth-order valence-corrected chi connectivity index (χ4v) is 2.23. The van der Waals surface area contributed by atoms with Gasteiger partial charge in [0.15, 0.2) is 5.82 Å². The second-order valence-electron chi connectivity index (χ2n) is 4.38. The van der Waals surface area contributed by atoms with Gasteiger partial charge in [0, 0.05) is 19.3 Å². The van der Waals surface area contributed by atoms with E-state index in [-0.39, 0.29) is 6.04 Å². The molecule has 17 heavy (non-hydrogen) atoms. The van der Waals surface area contributed by atoms with E-state index >= 15 is 0 Å². The van der Waals surface area contributed by atoms with Gasteiger partial charge in [-0.2, -0.15) is 0 Å². The van der Waals surface area contributed by atoms with Crippen molar-refractivity contribution in [3.05, 3.63) is 29.7 Å². The van der Waals surface area contributed by atoms with Gasteiger partial charge >= 0.3 is 0 Å². The first-order valence-corrected chi connectivity index (χ1v) is 5.86. The Morgan fingerprint density at radius 2 is 2.29 bits per heavy atom. The van der Waals surface area contributed by atoms with Gasteiger partial charge in [-0.1, -0.05) is 6.07 Å². The van der Waals surface area contributed by atoms with Crippen LogP contribution >= 0.6 is 0 Å². The van der Waals surface area contributed by atoms with E-state index in [1.807, 2.05) is 6.07 Å². The van der Waals surface area contributed by atoms with Crippen LogP contribution in [-0.2, 0) is 6.54 Å². The summed E-state index contributed by atoms with van der Waals surface area (Å²) in [6.45, 7) is 6.01. The van der Waals surface area contributed by atoms with Crippen LogP contribution in [0.4, 0.5) is 0 Å². The molecule has 0 radical (unpaired) electrons. The average molecular weight is 229 g/mol. The SMILES string of the molecule is Cc1cccnc1-c1nnc2n1CCNC2C. The lowest BCUT2D eigenvalue weighted by molar-refractivity contribution is 0.438. The molecule has 0 saturated heterocycles. The molecule has 1 unspecified atom stereocenters. The highest BCUT2D eigenvalue weighted by Gasteiger charge is 2.23. The van der Waals surface area contributed by atoms with Gasteiger partial charge in [-0.25, -0.2) is 0 Å². The zero-order valence-electron chi connectivity index (χ0n) is 10.0. The number of fused-ring (bicyclic) bond motifs is 1. The van der Waals surface area contributed by atoms with Gasteiger partial charge < -0.3 is 9.88 Å². The Labute approximate surface area is 99.9 Å². The van der Waals surface area contributed by atoms with Crippen LogP contribution in [0, 0.1) is 6.92 Å². The molecular formula is C12H15N5. The van der Waals surface area contributed by atoms with Crippen molar-refractivity contribution in [3.63, 3.8) is 0 Å². The topological polar surface area (TPSA) is 55.6 Å². The predicted molar refractivity (Wildman–Crippen MR) is 64.4 cm³/mol. The Morgan fingerprint density at radius 1 is 1.41 bits per heavy atom. The molecule has 0 saturated carbocycles. The third kappa shape index (κ3) is 1.63. The molecule has 3 heterocycles. The van der Waals surface area contributed by atoms with Crippen molar-refractivity contribution in [2.45, 2.75) is 26.4 Å². The molecule has 0 amide bonds. The lowest BCUT2D eigenvalue weighted by Crippen LogP contribution is -2.32. The summed E-state index contributed by atoms with van der Waals surface area (Å²) < 4.78 is 2.16. The highest BCUT2D eigenvalue weighted by atomic mass is 15.3. The summed E-state index contributed by atoms with van der Waals surface area (Å²) in [6, 6.07) is 4.25. The van der Waals surface area contributed by atoms with E-state index < -0.39 is 0 Å². The summed E-state index contributed by atoms with van der Waals surface area (Å²) in [7, 11) is 0. The second kappa shape index (κ2) is 3.92.